The van der Waals surface area contributed by atoms with E-state index >= 15 is 0 Å². The third-order valence-corrected chi connectivity index (χ3v) is 5.60. The van der Waals surface area contributed by atoms with Gasteiger partial charge in [-0.15, -0.1) is 0 Å². The van der Waals surface area contributed by atoms with Crippen molar-refractivity contribution in [2.45, 2.75) is 31.8 Å². The zero-order chi connectivity index (χ0) is 15.9. The fraction of sp³-hybridized carbons (Fsp3) is 0.444. The number of piperidine rings is 1. The van der Waals surface area contributed by atoms with E-state index in [1.54, 1.807) is 6.20 Å². The average molecular weight is 311 g/mol. The number of aromatic nitrogens is 2. The molecule has 4 rings (SSSR count). The highest BCUT2D eigenvalue weighted by Gasteiger charge is 2.47. The molecule has 120 valence electrons. The van der Waals surface area contributed by atoms with Crippen LogP contribution in [0.3, 0.4) is 0 Å². The zero-order valence-corrected chi connectivity index (χ0v) is 13.0. The summed E-state index contributed by atoms with van der Waals surface area (Å²) in [5.74, 6) is 0.0290. The number of nitrogens with one attached hydrogen (secondary N) is 1. The van der Waals surface area contributed by atoms with Crippen molar-refractivity contribution in [3.8, 4) is 11.3 Å². The second-order valence-electron chi connectivity index (χ2n) is 6.73. The lowest BCUT2D eigenvalue weighted by atomic mass is 9.61. The van der Waals surface area contributed by atoms with Crippen LogP contribution in [-0.2, 0) is 0 Å². The van der Waals surface area contributed by atoms with Crippen LogP contribution in [-0.4, -0.2) is 45.3 Å². The lowest BCUT2D eigenvalue weighted by Crippen LogP contribution is -2.53. The maximum Gasteiger partial charge on any atom is 0.257 e. The highest BCUT2D eigenvalue weighted by molar-refractivity contribution is 5.99. The number of benzene rings is 1. The number of carbonyl (C=O) groups excluding carboxylic acids is 1. The Kier molecular flexibility index (Phi) is 3.45. The minimum atomic E-state index is -0.173. The lowest BCUT2D eigenvalue weighted by Gasteiger charge is -2.51. The molecular formula is C18H21N3O2. The summed E-state index contributed by atoms with van der Waals surface area (Å²) >= 11 is 0. The van der Waals surface area contributed by atoms with E-state index < -0.39 is 0 Å². The van der Waals surface area contributed by atoms with Gasteiger partial charge in [-0.25, -0.2) is 0 Å². The molecule has 0 radical (unpaired) electrons. The Morgan fingerprint density at radius 3 is 2.57 bits per heavy atom. The maximum atomic E-state index is 12.9. The van der Waals surface area contributed by atoms with E-state index in [2.05, 4.69) is 10.2 Å². The van der Waals surface area contributed by atoms with Gasteiger partial charge in [0.05, 0.1) is 23.6 Å². The van der Waals surface area contributed by atoms with Crippen LogP contribution < -0.4 is 0 Å². The van der Waals surface area contributed by atoms with Gasteiger partial charge in [-0.2, -0.15) is 5.10 Å². The topological polar surface area (TPSA) is 69.2 Å². The monoisotopic (exact) mass is 311 g/mol. The Labute approximate surface area is 135 Å². The van der Waals surface area contributed by atoms with Gasteiger partial charge in [-0.05, 0) is 31.1 Å². The van der Waals surface area contributed by atoms with Gasteiger partial charge < -0.3 is 10.0 Å². The SMILES string of the molecule is O=C(c1cn[nH]c1-c1ccccc1)N1CCC2(CCC2O)CC1. The Morgan fingerprint density at radius 1 is 1.22 bits per heavy atom. The summed E-state index contributed by atoms with van der Waals surface area (Å²) in [6.07, 6.45) is 5.25. The number of aliphatic hydroxyl groups excluding tert-OH is 1. The molecule has 2 N–H and O–H groups in total. The van der Waals surface area contributed by atoms with Gasteiger partial charge in [0, 0.05) is 18.7 Å². The second kappa shape index (κ2) is 5.49. The number of likely N-dealkylation sites (tertiary alicyclic amines) is 1. The number of rotatable bonds is 2. The van der Waals surface area contributed by atoms with Crippen molar-refractivity contribution in [1.29, 1.82) is 0 Å². The maximum absolute atomic E-state index is 12.9. The van der Waals surface area contributed by atoms with Gasteiger partial charge in [0.15, 0.2) is 0 Å². The van der Waals surface area contributed by atoms with E-state index in [4.69, 9.17) is 0 Å². The molecule has 23 heavy (non-hydrogen) atoms. The highest BCUT2D eigenvalue weighted by atomic mass is 16.3. The van der Waals surface area contributed by atoms with E-state index in [0.717, 1.165) is 50.0 Å². The average Bonchev–Trinajstić information content (AvgIpc) is 3.10. The minimum Gasteiger partial charge on any atom is -0.393 e. The molecule has 1 atom stereocenters. The van der Waals surface area contributed by atoms with Crippen LogP contribution in [0.25, 0.3) is 11.3 Å². The van der Waals surface area contributed by atoms with Gasteiger partial charge in [0.25, 0.3) is 5.91 Å². The number of carbonyl (C=O) groups is 1. The molecular weight excluding hydrogens is 290 g/mol. The van der Waals surface area contributed by atoms with Crippen molar-refractivity contribution in [3.63, 3.8) is 0 Å². The second-order valence-corrected chi connectivity index (χ2v) is 6.73. The lowest BCUT2D eigenvalue weighted by molar-refractivity contribution is -0.0952. The summed E-state index contributed by atoms with van der Waals surface area (Å²) in [6.45, 7) is 1.44. The largest absolute Gasteiger partial charge is 0.393 e. The Bertz CT molecular complexity index is 702. The summed E-state index contributed by atoms with van der Waals surface area (Å²) in [5.41, 5.74) is 2.45. The van der Waals surface area contributed by atoms with Crippen molar-refractivity contribution in [2.75, 3.05) is 13.1 Å². The standard InChI is InChI=1S/C18H21N3O2/c22-15-6-7-18(15)8-10-21(11-9-18)17(23)14-12-19-20-16(14)13-4-2-1-3-5-13/h1-5,12,15,22H,6-11H2,(H,19,20). The van der Waals surface area contributed by atoms with Crippen molar-refractivity contribution >= 4 is 5.91 Å². The number of amides is 1. The van der Waals surface area contributed by atoms with Crippen molar-refractivity contribution in [3.05, 3.63) is 42.1 Å². The van der Waals surface area contributed by atoms with Crippen LogP contribution in [0, 0.1) is 5.41 Å². The predicted molar refractivity (Wildman–Crippen MR) is 86.8 cm³/mol. The molecule has 2 aliphatic rings. The van der Waals surface area contributed by atoms with Crippen LogP contribution in [0.5, 0.6) is 0 Å². The number of hydrogen-bond acceptors (Lipinski definition) is 3. The first-order chi connectivity index (χ1) is 11.2. The molecule has 1 aliphatic carbocycles. The highest BCUT2D eigenvalue weighted by Crippen LogP contribution is 2.49. The van der Waals surface area contributed by atoms with Crippen LogP contribution in [0.15, 0.2) is 36.5 Å². The number of H-pyrrole nitrogens is 1. The van der Waals surface area contributed by atoms with E-state index in [-0.39, 0.29) is 17.4 Å². The van der Waals surface area contributed by atoms with Gasteiger partial charge >= 0.3 is 0 Å². The Balaban J connectivity index is 1.52. The van der Waals surface area contributed by atoms with Gasteiger partial charge in [-0.3, -0.25) is 9.89 Å². The number of aliphatic hydroxyl groups is 1. The predicted octanol–water partition coefficient (Wildman–Crippen LogP) is 2.45. The molecule has 2 fully saturated rings. The van der Waals surface area contributed by atoms with Crippen LogP contribution in [0.4, 0.5) is 0 Å². The molecule has 1 spiro atoms. The molecule has 1 aromatic carbocycles. The number of aromatic amines is 1. The molecule has 2 heterocycles. The third-order valence-electron chi connectivity index (χ3n) is 5.60. The third kappa shape index (κ3) is 2.36. The summed E-state index contributed by atoms with van der Waals surface area (Å²) in [5, 5.41) is 17.0. The first-order valence-electron chi connectivity index (χ1n) is 8.26. The Morgan fingerprint density at radius 2 is 1.96 bits per heavy atom. The molecule has 5 nitrogen and oxygen atoms in total. The van der Waals surface area contributed by atoms with Crippen LogP contribution >= 0.6 is 0 Å². The van der Waals surface area contributed by atoms with E-state index in [1.165, 1.54) is 0 Å². The molecule has 2 aromatic rings. The molecule has 1 saturated heterocycles. The molecule has 0 bridgehead atoms. The fourth-order valence-electron chi connectivity index (χ4n) is 3.86. The molecule has 1 amide bonds. The number of nitrogens with zero attached hydrogens (tertiary/aromatic N) is 2. The number of hydrogen-bond donors (Lipinski definition) is 2. The van der Waals surface area contributed by atoms with Crippen LogP contribution in [0.2, 0.25) is 0 Å². The van der Waals surface area contributed by atoms with E-state index in [1.807, 2.05) is 35.2 Å². The summed E-state index contributed by atoms with van der Waals surface area (Å²) < 4.78 is 0. The first-order valence-corrected chi connectivity index (χ1v) is 8.26. The van der Waals surface area contributed by atoms with Gasteiger partial charge in [0.2, 0.25) is 0 Å². The normalized spacial score (nSPS) is 22.8. The summed E-state index contributed by atoms with van der Waals surface area (Å²) in [6, 6.07) is 9.80. The van der Waals surface area contributed by atoms with E-state index in [0.29, 0.717) is 5.56 Å². The summed E-state index contributed by atoms with van der Waals surface area (Å²) in [4.78, 5) is 14.8. The van der Waals surface area contributed by atoms with E-state index in [9.17, 15) is 9.90 Å². The molecule has 1 unspecified atom stereocenters. The minimum absolute atomic E-state index is 0.0290. The van der Waals surface area contributed by atoms with Crippen molar-refractivity contribution in [1.82, 2.24) is 15.1 Å². The van der Waals surface area contributed by atoms with Gasteiger partial charge in [-0.1, -0.05) is 30.3 Å². The fourth-order valence-corrected chi connectivity index (χ4v) is 3.86. The van der Waals surface area contributed by atoms with Crippen molar-refractivity contribution < 1.29 is 9.90 Å². The van der Waals surface area contributed by atoms with Crippen LogP contribution in [0.1, 0.15) is 36.0 Å². The molecule has 1 aromatic heterocycles. The Hall–Kier alpha value is -2.14. The zero-order valence-electron chi connectivity index (χ0n) is 13.0. The molecule has 5 heteroatoms. The molecule has 1 aliphatic heterocycles. The quantitative estimate of drug-likeness (QED) is 0.895. The smallest absolute Gasteiger partial charge is 0.257 e. The molecule has 1 saturated carbocycles. The first kappa shape index (κ1) is 14.5. The van der Waals surface area contributed by atoms with Crippen molar-refractivity contribution in [2.24, 2.45) is 5.41 Å². The summed E-state index contributed by atoms with van der Waals surface area (Å²) in [7, 11) is 0. The van der Waals surface area contributed by atoms with Gasteiger partial charge in [0.1, 0.15) is 0 Å².